The molecule has 0 radical (unpaired) electrons. The first-order chi connectivity index (χ1) is 11.8. The topological polar surface area (TPSA) is 32.3 Å². The Morgan fingerprint density at radius 3 is 2.17 bits per heavy atom. The van der Waals surface area contributed by atoms with E-state index in [-0.39, 0.29) is 11.9 Å². The number of hydrogen-bond donors (Lipinski definition) is 1. The lowest BCUT2D eigenvalue weighted by atomic mass is 10.0. The molecule has 3 heteroatoms. The van der Waals surface area contributed by atoms with E-state index in [2.05, 4.69) is 58.7 Å². The highest BCUT2D eigenvalue weighted by Gasteiger charge is 2.32. The van der Waals surface area contributed by atoms with Crippen molar-refractivity contribution >= 4 is 5.91 Å². The first-order valence-corrected chi connectivity index (χ1v) is 8.98. The molecule has 1 N–H and O–H groups in total. The Labute approximate surface area is 143 Å². The molecule has 0 unspecified atom stereocenters. The van der Waals surface area contributed by atoms with Crippen LogP contribution in [0.15, 0.2) is 54.6 Å². The van der Waals surface area contributed by atoms with Gasteiger partial charge in [-0.15, -0.1) is 0 Å². The van der Waals surface area contributed by atoms with Crippen LogP contribution in [0.2, 0.25) is 0 Å². The molecule has 4 rings (SSSR count). The summed E-state index contributed by atoms with van der Waals surface area (Å²) in [5, 5.41) is 3.55. The lowest BCUT2D eigenvalue weighted by Gasteiger charge is -2.24. The summed E-state index contributed by atoms with van der Waals surface area (Å²) in [5.41, 5.74) is 4.08. The molecule has 2 aliphatic heterocycles. The van der Waals surface area contributed by atoms with Crippen molar-refractivity contribution in [2.24, 2.45) is 0 Å². The van der Waals surface area contributed by atoms with Gasteiger partial charge < -0.3 is 4.90 Å². The number of hydrogen-bond acceptors (Lipinski definition) is 2. The molecule has 1 amide bonds. The summed E-state index contributed by atoms with van der Waals surface area (Å²) >= 11 is 0. The standard InChI is InChI=1S/C21H24N2O/c24-21(20-11-10-19(22-20)18-8-2-1-3-9-18)23-14-12-16-6-4-5-7-17(16)13-15-23/h1-9,19-20,22H,10-15H2/t19-,20-/m1/s1. The van der Waals surface area contributed by atoms with Gasteiger partial charge in [-0.3, -0.25) is 10.1 Å². The SMILES string of the molecule is O=C([C@H]1CC[C@H](c2ccccc2)N1)N1CCc2ccccc2CC1. The average molecular weight is 320 g/mol. The molecule has 1 saturated heterocycles. The number of carbonyl (C=O) groups excluding carboxylic acids is 1. The molecular formula is C21H24N2O. The molecule has 0 aromatic heterocycles. The minimum Gasteiger partial charge on any atom is -0.341 e. The summed E-state index contributed by atoms with van der Waals surface area (Å²) < 4.78 is 0. The fourth-order valence-electron chi connectivity index (χ4n) is 3.99. The fourth-order valence-corrected chi connectivity index (χ4v) is 3.99. The highest BCUT2D eigenvalue weighted by Crippen LogP contribution is 2.27. The van der Waals surface area contributed by atoms with Crippen molar-refractivity contribution in [3.8, 4) is 0 Å². The molecule has 0 aliphatic carbocycles. The molecule has 3 nitrogen and oxygen atoms in total. The van der Waals surface area contributed by atoms with E-state index in [0.29, 0.717) is 6.04 Å². The van der Waals surface area contributed by atoms with Crippen molar-refractivity contribution in [2.45, 2.75) is 37.8 Å². The van der Waals surface area contributed by atoms with Crippen LogP contribution in [0.3, 0.4) is 0 Å². The van der Waals surface area contributed by atoms with Crippen LogP contribution in [0.5, 0.6) is 0 Å². The van der Waals surface area contributed by atoms with E-state index >= 15 is 0 Å². The minimum atomic E-state index is -0.0311. The van der Waals surface area contributed by atoms with Gasteiger partial charge in [0.25, 0.3) is 0 Å². The van der Waals surface area contributed by atoms with Gasteiger partial charge in [0.15, 0.2) is 0 Å². The van der Waals surface area contributed by atoms with Gasteiger partial charge in [-0.1, -0.05) is 54.6 Å². The molecule has 2 aromatic carbocycles. The van der Waals surface area contributed by atoms with Crippen LogP contribution in [0.4, 0.5) is 0 Å². The maximum Gasteiger partial charge on any atom is 0.239 e. The van der Waals surface area contributed by atoms with Crippen molar-refractivity contribution in [3.63, 3.8) is 0 Å². The predicted molar refractivity (Wildman–Crippen MR) is 95.8 cm³/mol. The fraction of sp³-hybridized carbons (Fsp3) is 0.381. The predicted octanol–water partition coefficient (Wildman–Crippen LogP) is 3.11. The smallest absolute Gasteiger partial charge is 0.239 e. The van der Waals surface area contributed by atoms with E-state index in [1.165, 1.54) is 16.7 Å². The van der Waals surface area contributed by atoms with Crippen LogP contribution in [-0.2, 0) is 17.6 Å². The molecule has 2 aliphatic rings. The van der Waals surface area contributed by atoms with Crippen LogP contribution < -0.4 is 5.32 Å². The third-order valence-corrected chi connectivity index (χ3v) is 5.38. The Morgan fingerprint density at radius 2 is 1.50 bits per heavy atom. The second-order valence-corrected chi connectivity index (χ2v) is 6.85. The third-order valence-electron chi connectivity index (χ3n) is 5.38. The second-order valence-electron chi connectivity index (χ2n) is 6.85. The first kappa shape index (κ1) is 15.4. The molecule has 0 bridgehead atoms. The maximum absolute atomic E-state index is 12.9. The largest absolute Gasteiger partial charge is 0.341 e. The Bertz CT molecular complexity index is 686. The van der Waals surface area contributed by atoms with Crippen LogP contribution >= 0.6 is 0 Å². The van der Waals surface area contributed by atoms with E-state index in [0.717, 1.165) is 38.8 Å². The van der Waals surface area contributed by atoms with Crippen LogP contribution in [-0.4, -0.2) is 29.9 Å². The van der Waals surface area contributed by atoms with Crippen molar-refractivity contribution in [3.05, 3.63) is 71.3 Å². The van der Waals surface area contributed by atoms with Gasteiger partial charge in [-0.25, -0.2) is 0 Å². The highest BCUT2D eigenvalue weighted by molar-refractivity contribution is 5.82. The molecule has 0 saturated carbocycles. The summed E-state index contributed by atoms with van der Waals surface area (Å²) in [4.78, 5) is 15.0. The van der Waals surface area contributed by atoms with Crippen molar-refractivity contribution in [1.29, 1.82) is 0 Å². The van der Waals surface area contributed by atoms with Gasteiger partial charge in [0, 0.05) is 19.1 Å². The summed E-state index contributed by atoms with van der Waals surface area (Å²) in [6.45, 7) is 1.67. The summed E-state index contributed by atoms with van der Waals surface area (Å²) in [6.07, 6.45) is 3.91. The Morgan fingerprint density at radius 1 is 0.875 bits per heavy atom. The van der Waals surface area contributed by atoms with Gasteiger partial charge >= 0.3 is 0 Å². The van der Waals surface area contributed by atoms with Crippen LogP contribution in [0.1, 0.15) is 35.6 Å². The van der Waals surface area contributed by atoms with Crippen LogP contribution in [0, 0.1) is 0 Å². The summed E-state index contributed by atoms with van der Waals surface area (Å²) in [5.74, 6) is 0.279. The summed E-state index contributed by atoms with van der Waals surface area (Å²) in [6, 6.07) is 19.3. The average Bonchev–Trinajstić information content (AvgIpc) is 3.03. The molecule has 2 aromatic rings. The normalized spacial score (nSPS) is 23.6. The van der Waals surface area contributed by atoms with E-state index in [1.807, 2.05) is 6.07 Å². The number of amides is 1. The highest BCUT2D eigenvalue weighted by atomic mass is 16.2. The molecule has 2 atom stereocenters. The number of carbonyl (C=O) groups is 1. The van der Waals surface area contributed by atoms with Gasteiger partial charge in [0.1, 0.15) is 0 Å². The lowest BCUT2D eigenvalue weighted by Crippen LogP contribution is -2.45. The molecular weight excluding hydrogens is 296 g/mol. The number of rotatable bonds is 2. The van der Waals surface area contributed by atoms with E-state index in [9.17, 15) is 4.79 Å². The zero-order chi connectivity index (χ0) is 16.4. The van der Waals surface area contributed by atoms with Crippen molar-refractivity contribution in [2.75, 3.05) is 13.1 Å². The van der Waals surface area contributed by atoms with Gasteiger partial charge in [0.2, 0.25) is 5.91 Å². The molecule has 0 spiro atoms. The van der Waals surface area contributed by atoms with Gasteiger partial charge in [-0.05, 0) is 42.4 Å². The number of benzene rings is 2. The monoisotopic (exact) mass is 320 g/mol. The number of fused-ring (bicyclic) bond motifs is 1. The van der Waals surface area contributed by atoms with E-state index in [4.69, 9.17) is 0 Å². The molecule has 2 heterocycles. The minimum absolute atomic E-state index is 0.0311. The third kappa shape index (κ3) is 3.09. The van der Waals surface area contributed by atoms with Gasteiger partial charge in [0.05, 0.1) is 6.04 Å². The quantitative estimate of drug-likeness (QED) is 0.922. The first-order valence-electron chi connectivity index (χ1n) is 8.98. The van der Waals surface area contributed by atoms with Crippen LogP contribution in [0.25, 0.3) is 0 Å². The maximum atomic E-state index is 12.9. The van der Waals surface area contributed by atoms with E-state index in [1.54, 1.807) is 0 Å². The summed E-state index contributed by atoms with van der Waals surface area (Å²) in [7, 11) is 0. The number of nitrogens with zero attached hydrogens (tertiary/aromatic N) is 1. The lowest BCUT2D eigenvalue weighted by molar-refractivity contribution is -0.133. The Hall–Kier alpha value is -2.13. The van der Waals surface area contributed by atoms with Crippen molar-refractivity contribution in [1.82, 2.24) is 10.2 Å². The zero-order valence-corrected chi connectivity index (χ0v) is 13.9. The molecule has 1 fully saturated rings. The zero-order valence-electron chi connectivity index (χ0n) is 13.9. The molecule has 124 valence electrons. The van der Waals surface area contributed by atoms with Crippen molar-refractivity contribution < 1.29 is 4.79 Å². The number of nitrogens with one attached hydrogen (secondary N) is 1. The molecule has 24 heavy (non-hydrogen) atoms. The Kier molecular flexibility index (Phi) is 4.35. The van der Waals surface area contributed by atoms with E-state index < -0.39 is 0 Å². The second kappa shape index (κ2) is 6.78. The Balaban J connectivity index is 1.40. The van der Waals surface area contributed by atoms with Gasteiger partial charge in [-0.2, -0.15) is 0 Å².